The van der Waals surface area contributed by atoms with Crippen molar-refractivity contribution in [1.29, 1.82) is 0 Å². The number of carbonyl (C=O) groups is 1. The van der Waals surface area contributed by atoms with Crippen LogP contribution in [-0.4, -0.2) is 49.6 Å². The van der Waals surface area contributed by atoms with Crippen molar-refractivity contribution in [2.24, 2.45) is 5.16 Å². The van der Waals surface area contributed by atoms with Crippen molar-refractivity contribution in [3.05, 3.63) is 58.9 Å². The summed E-state index contributed by atoms with van der Waals surface area (Å²) in [5.74, 6) is -0.0333. The number of oxime groups is 1. The Hall–Kier alpha value is -2.31. The third-order valence-corrected chi connectivity index (χ3v) is 3.88. The molecule has 6 nitrogen and oxygen atoms in total. The molecule has 0 fully saturated rings. The third-order valence-electron chi connectivity index (χ3n) is 3.73. The van der Waals surface area contributed by atoms with E-state index in [1.54, 1.807) is 50.6 Å². The van der Waals surface area contributed by atoms with Gasteiger partial charge in [0.25, 0.3) is 0 Å². The summed E-state index contributed by atoms with van der Waals surface area (Å²) in [6.07, 6.45) is 3.35. The van der Waals surface area contributed by atoms with E-state index in [0.29, 0.717) is 29.3 Å². The molecule has 1 aromatic carbocycles. The van der Waals surface area contributed by atoms with Gasteiger partial charge in [-0.1, -0.05) is 23.4 Å². The maximum atomic E-state index is 11.5. The molecule has 0 aromatic heterocycles. The summed E-state index contributed by atoms with van der Waals surface area (Å²) < 4.78 is 11.0. The first kappa shape index (κ1) is 19.0. The number of aromatic carboxylic acids is 1. The van der Waals surface area contributed by atoms with Gasteiger partial charge >= 0.3 is 5.97 Å². The molecule has 1 aliphatic rings. The highest BCUT2D eigenvalue weighted by Crippen LogP contribution is 2.26. The van der Waals surface area contributed by atoms with Gasteiger partial charge in [0.2, 0.25) is 0 Å². The van der Waals surface area contributed by atoms with Crippen molar-refractivity contribution in [3.63, 3.8) is 0 Å². The van der Waals surface area contributed by atoms with Crippen LogP contribution in [-0.2, 0) is 20.7 Å². The molecule has 1 aliphatic carbocycles. The predicted molar refractivity (Wildman–Crippen MR) is 95.2 cm³/mol. The lowest BCUT2D eigenvalue weighted by Gasteiger charge is -2.25. The molecule has 1 aromatic rings. The van der Waals surface area contributed by atoms with E-state index in [4.69, 9.17) is 25.9 Å². The van der Waals surface area contributed by atoms with Gasteiger partial charge in [0, 0.05) is 19.1 Å². The fourth-order valence-corrected chi connectivity index (χ4v) is 2.70. The van der Waals surface area contributed by atoms with Crippen molar-refractivity contribution < 1.29 is 24.2 Å². The molecule has 2 rings (SSSR count). The van der Waals surface area contributed by atoms with Crippen LogP contribution < -0.4 is 0 Å². The number of carboxylic acid groups (broad SMARTS) is 1. The van der Waals surface area contributed by atoms with Crippen LogP contribution in [0.3, 0.4) is 0 Å². The number of halogens is 1. The van der Waals surface area contributed by atoms with Crippen LogP contribution >= 0.6 is 11.6 Å². The second kappa shape index (κ2) is 9.25. The molecule has 1 N–H and O–H groups in total. The van der Waals surface area contributed by atoms with Crippen LogP contribution in [0, 0.1) is 0 Å². The SMILES string of the molecule is COC1=C(Cc2ccccc2C(=O)O)C(OC)C(=NOCCCl)C=C1. The van der Waals surface area contributed by atoms with E-state index in [1.807, 2.05) is 0 Å². The molecule has 0 bridgehead atoms. The van der Waals surface area contributed by atoms with Gasteiger partial charge in [0.1, 0.15) is 24.2 Å². The van der Waals surface area contributed by atoms with E-state index in [-0.39, 0.29) is 12.2 Å². The quantitative estimate of drug-likeness (QED) is 0.435. The number of methoxy groups -OCH3 is 2. The molecule has 0 saturated heterocycles. The van der Waals surface area contributed by atoms with Gasteiger partial charge in [0.05, 0.1) is 18.6 Å². The Morgan fingerprint density at radius 2 is 2.04 bits per heavy atom. The molecule has 0 heterocycles. The highest BCUT2D eigenvalue weighted by molar-refractivity contribution is 6.18. The molecule has 7 heteroatoms. The first-order valence-electron chi connectivity index (χ1n) is 7.67. The molecule has 25 heavy (non-hydrogen) atoms. The smallest absolute Gasteiger partial charge is 0.335 e. The largest absolute Gasteiger partial charge is 0.497 e. The normalized spacial score (nSPS) is 18.5. The number of hydrogen-bond donors (Lipinski definition) is 1. The number of carboxylic acids is 1. The zero-order valence-corrected chi connectivity index (χ0v) is 14.8. The van der Waals surface area contributed by atoms with Crippen molar-refractivity contribution in [2.45, 2.75) is 12.5 Å². The molecule has 0 radical (unpaired) electrons. The Kier molecular flexibility index (Phi) is 7.03. The highest BCUT2D eigenvalue weighted by atomic mass is 35.5. The Morgan fingerprint density at radius 1 is 1.28 bits per heavy atom. The number of ether oxygens (including phenoxy) is 2. The van der Waals surface area contributed by atoms with Crippen LogP contribution in [0.4, 0.5) is 0 Å². The molecule has 0 aliphatic heterocycles. The van der Waals surface area contributed by atoms with Crippen molar-refractivity contribution >= 4 is 23.3 Å². The van der Waals surface area contributed by atoms with Crippen LogP contribution in [0.15, 0.2) is 52.9 Å². The topological polar surface area (TPSA) is 77.4 Å². The molecule has 0 amide bonds. The summed E-state index contributed by atoms with van der Waals surface area (Å²) in [7, 11) is 3.11. The van der Waals surface area contributed by atoms with E-state index in [2.05, 4.69) is 5.16 Å². The minimum atomic E-state index is -0.977. The first-order valence-corrected chi connectivity index (χ1v) is 8.20. The molecule has 1 unspecified atom stereocenters. The van der Waals surface area contributed by atoms with Crippen molar-refractivity contribution in [3.8, 4) is 0 Å². The number of hydrogen-bond acceptors (Lipinski definition) is 5. The second-order valence-corrected chi connectivity index (χ2v) is 5.60. The van der Waals surface area contributed by atoms with Gasteiger partial charge in [-0.3, -0.25) is 0 Å². The summed E-state index contributed by atoms with van der Waals surface area (Å²) in [6.45, 7) is 0.285. The fourth-order valence-electron chi connectivity index (χ4n) is 2.63. The minimum absolute atomic E-state index is 0.242. The zero-order chi connectivity index (χ0) is 18.2. The average molecular weight is 366 g/mol. The monoisotopic (exact) mass is 365 g/mol. The number of alkyl halides is 1. The lowest BCUT2D eigenvalue weighted by atomic mass is 9.90. The van der Waals surface area contributed by atoms with Gasteiger partial charge < -0.3 is 19.4 Å². The third kappa shape index (κ3) is 4.61. The lowest BCUT2D eigenvalue weighted by Crippen LogP contribution is -2.29. The second-order valence-electron chi connectivity index (χ2n) is 5.22. The van der Waals surface area contributed by atoms with Gasteiger partial charge in [-0.15, -0.1) is 11.6 Å². The van der Waals surface area contributed by atoms with E-state index in [9.17, 15) is 9.90 Å². The van der Waals surface area contributed by atoms with Crippen LogP contribution in [0.2, 0.25) is 0 Å². The van der Waals surface area contributed by atoms with Crippen LogP contribution in [0.5, 0.6) is 0 Å². The predicted octanol–water partition coefficient (Wildman–Crippen LogP) is 3.02. The van der Waals surface area contributed by atoms with E-state index < -0.39 is 12.1 Å². The number of allylic oxidation sites excluding steroid dienone is 1. The van der Waals surface area contributed by atoms with E-state index in [0.717, 1.165) is 5.57 Å². The Balaban J connectivity index is 2.38. The summed E-state index contributed by atoms with van der Waals surface area (Å²) in [5, 5.41) is 13.4. The van der Waals surface area contributed by atoms with E-state index >= 15 is 0 Å². The van der Waals surface area contributed by atoms with E-state index in [1.165, 1.54) is 0 Å². The molecular weight excluding hydrogens is 346 g/mol. The number of rotatable bonds is 8. The average Bonchev–Trinajstić information content (AvgIpc) is 2.62. The Morgan fingerprint density at radius 3 is 2.68 bits per heavy atom. The van der Waals surface area contributed by atoms with Crippen LogP contribution in [0.1, 0.15) is 15.9 Å². The molecule has 1 atom stereocenters. The van der Waals surface area contributed by atoms with Crippen molar-refractivity contribution in [1.82, 2.24) is 0 Å². The summed E-state index contributed by atoms with van der Waals surface area (Å²) >= 11 is 5.59. The summed E-state index contributed by atoms with van der Waals surface area (Å²) in [4.78, 5) is 16.6. The lowest BCUT2D eigenvalue weighted by molar-refractivity contribution is 0.0695. The maximum Gasteiger partial charge on any atom is 0.335 e. The first-order chi connectivity index (χ1) is 12.1. The summed E-state index contributed by atoms with van der Waals surface area (Å²) in [5.41, 5.74) is 2.25. The Bertz CT molecular complexity index is 711. The van der Waals surface area contributed by atoms with Gasteiger partial charge in [-0.25, -0.2) is 4.79 Å². The zero-order valence-electron chi connectivity index (χ0n) is 14.1. The molecule has 0 saturated carbocycles. The maximum absolute atomic E-state index is 11.5. The Labute approximate surface area is 151 Å². The molecule has 0 spiro atoms. The number of benzene rings is 1. The fraction of sp³-hybridized carbons (Fsp3) is 0.333. The summed E-state index contributed by atoms with van der Waals surface area (Å²) in [6, 6.07) is 6.84. The molecular formula is C18H20ClNO5. The minimum Gasteiger partial charge on any atom is -0.497 e. The molecule has 134 valence electrons. The van der Waals surface area contributed by atoms with Crippen molar-refractivity contribution in [2.75, 3.05) is 26.7 Å². The van der Waals surface area contributed by atoms with Gasteiger partial charge in [-0.05, 0) is 23.8 Å². The van der Waals surface area contributed by atoms with Gasteiger partial charge in [0.15, 0.2) is 0 Å². The highest BCUT2D eigenvalue weighted by Gasteiger charge is 2.28. The van der Waals surface area contributed by atoms with Crippen LogP contribution in [0.25, 0.3) is 0 Å². The number of nitrogens with zero attached hydrogens (tertiary/aromatic N) is 1. The van der Waals surface area contributed by atoms with Gasteiger partial charge in [-0.2, -0.15) is 0 Å². The standard InChI is InChI=1S/C18H20ClNO5/c1-23-16-8-7-15(20-25-10-9-19)17(24-2)14(16)11-12-5-3-4-6-13(12)18(21)22/h3-8,17H,9-11H2,1-2H3,(H,21,22).